The molecule has 0 amide bonds. The fraction of sp³-hybridized carbons (Fsp3) is 0.143. The SMILES string of the molecule is [B]=Ic1cccc(C)c1. The van der Waals surface area contributed by atoms with Gasteiger partial charge in [-0.2, -0.15) is 0 Å². The van der Waals surface area contributed by atoms with Crippen LogP contribution in [0.5, 0.6) is 0 Å². The van der Waals surface area contributed by atoms with E-state index in [0.29, 0.717) is 0 Å². The van der Waals surface area contributed by atoms with Crippen LogP contribution in [0.25, 0.3) is 0 Å². The van der Waals surface area contributed by atoms with Gasteiger partial charge in [0.05, 0.1) is 0 Å². The molecule has 1 radical (unpaired) electrons. The van der Waals surface area contributed by atoms with Crippen LogP contribution in [0.4, 0.5) is 0 Å². The van der Waals surface area contributed by atoms with Gasteiger partial charge in [-0.25, -0.2) is 0 Å². The van der Waals surface area contributed by atoms with E-state index in [1.165, 1.54) is 9.13 Å². The van der Waals surface area contributed by atoms with Crippen molar-refractivity contribution in [1.29, 1.82) is 0 Å². The molecule has 0 nitrogen and oxygen atoms in total. The number of hydrogen-bond donors (Lipinski definition) is 0. The Labute approximate surface area is 66.1 Å². The van der Waals surface area contributed by atoms with E-state index < -0.39 is 0 Å². The predicted molar refractivity (Wildman–Crippen MR) is 49.7 cm³/mol. The molecule has 0 aliphatic rings. The van der Waals surface area contributed by atoms with E-state index in [0.717, 1.165) is 0 Å². The number of rotatable bonds is 1. The molecule has 0 bridgehead atoms. The van der Waals surface area contributed by atoms with Gasteiger partial charge >= 0.3 is 66.1 Å². The second-order valence-corrected chi connectivity index (χ2v) is 3.78. The molecule has 0 atom stereocenters. The van der Waals surface area contributed by atoms with Crippen molar-refractivity contribution in [2.45, 2.75) is 6.92 Å². The van der Waals surface area contributed by atoms with Crippen molar-refractivity contribution in [1.82, 2.24) is 0 Å². The molecule has 0 saturated carbocycles. The summed E-state index contributed by atoms with van der Waals surface area (Å²) >= 11 is -0.207. The molecular formula is C7H7BI. The summed E-state index contributed by atoms with van der Waals surface area (Å²) in [6.45, 7) is 2.09. The third-order valence-corrected chi connectivity index (χ3v) is 2.50. The number of hydrogen-bond acceptors (Lipinski definition) is 0. The van der Waals surface area contributed by atoms with E-state index >= 15 is 0 Å². The van der Waals surface area contributed by atoms with Gasteiger partial charge in [-0.3, -0.25) is 0 Å². The zero-order valence-electron chi connectivity index (χ0n) is 5.26. The van der Waals surface area contributed by atoms with E-state index in [-0.39, 0.29) is 20.5 Å². The van der Waals surface area contributed by atoms with Gasteiger partial charge in [0.15, 0.2) is 0 Å². The first kappa shape index (κ1) is 7.13. The molecule has 1 rings (SSSR count). The zero-order chi connectivity index (χ0) is 6.69. The first-order chi connectivity index (χ1) is 4.33. The van der Waals surface area contributed by atoms with E-state index in [2.05, 4.69) is 31.2 Å². The molecule has 0 saturated heterocycles. The van der Waals surface area contributed by atoms with Crippen molar-refractivity contribution >= 4 is 25.8 Å². The van der Waals surface area contributed by atoms with Crippen molar-refractivity contribution < 1.29 is 0 Å². The summed E-state index contributed by atoms with van der Waals surface area (Å²) in [6, 6.07) is 8.37. The molecular weight excluding hydrogens is 222 g/mol. The maximum absolute atomic E-state index is 5.53. The van der Waals surface area contributed by atoms with Crippen molar-refractivity contribution in [3.63, 3.8) is 0 Å². The first-order valence-corrected chi connectivity index (χ1v) is 5.05. The van der Waals surface area contributed by atoms with Crippen LogP contribution in [0, 0.1) is 10.5 Å². The summed E-state index contributed by atoms with van der Waals surface area (Å²) in [4.78, 5) is 0. The normalized spacial score (nSPS) is 9.33. The van der Waals surface area contributed by atoms with Crippen LogP contribution in [0.2, 0.25) is 0 Å². The second kappa shape index (κ2) is 3.25. The average molecular weight is 229 g/mol. The third-order valence-electron chi connectivity index (χ3n) is 1.11. The molecule has 1 aromatic carbocycles. The summed E-state index contributed by atoms with van der Waals surface area (Å²) in [6.07, 6.45) is 0. The van der Waals surface area contributed by atoms with E-state index in [1.54, 1.807) is 0 Å². The van der Waals surface area contributed by atoms with Crippen LogP contribution < -0.4 is 0 Å². The second-order valence-electron chi connectivity index (χ2n) is 1.91. The minimum atomic E-state index is -0.207. The van der Waals surface area contributed by atoms with Gasteiger partial charge in [0.25, 0.3) is 0 Å². The molecule has 9 heavy (non-hydrogen) atoms. The molecule has 0 aliphatic heterocycles. The van der Waals surface area contributed by atoms with E-state index in [1.807, 2.05) is 0 Å². The number of halogens is 1. The van der Waals surface area contributed by atoms with Crippen LogP contribution in [0.1, 0.15) is 5.56 Å². The van der Waals surface area contributed by atoms with Gasteiger partial charge in [0.1, 0.15) is 0 Å². The Morgan fingerprint density at radius 3 is 2.67 bits per heavy atom. The Hall–Kier alpha value is 0.0149. The summed E-state index contributed by atoms with van der Waals surface area (Å²) in [5, 5.41) is 5.53. The van der Waals surface area contributed by atoms with Crippen LogP contribution >= 0.6 is 20.5 Å². The topological polar surface area (TPSA) is 0 Å². The average Bonchev–Trinajstić information content (AvgIpc) is 1.88. The van der Waals surface area contributed by atoms with Gasteiger partial charge in [0, 0.05) is 0 Å². The van der Waals surface area contributed by atoms with Crippen LogP contribution in [-0.4, -0.2) is 5.27 Å². The van der Waals surface area contributed by atoms with Gasteiger partial charge < -0.3 is 0 Å². The van der Waals surface area contributed by atoms with Crippen molar-refractivity contribution in [2.75, 3.05) is 0 Å². The van der Waals surface area contributed by atoms with Crippen molar-refractivity contribution in [3.05, 3.63) is 33.4 Å². The Balaban J connectivity index is 3.07. The van der Waals surface area contributed by atoms with Gasteiger partial charge in [-0.1, -0.05) is 0 Å². The summed E-state index contributed by atoms with van der Waals surface area (Å²) in [5.74, 6) is 0. The Morgan fingerprint density at radius 2 is 2.22 bits per heavy atom. The Bertz CT molecular complexity index is 220. The first-order valence-electron chi connectivity index (χ1n) is 2.73. The van der Waals surface area contributed by atoms with E-state index in [4.69, 9.17) is 5.27 Å². The van der Waals surface area contributed by atoms with Crippen molar-refractivity contribution in [2.24, 2.45) is 0 Å². The molecule has 2 heteroatoms. The number of aryl methyl sites for hydroxylation is 1. The van der Waals surface area contributed by atoms with Gasteiger partial charge in [-0.05, 0) is 0 Å². The molecule has 0 N–H and O–H groups in total. The van der Waals surface area contributed by atoms with Crippen LogP contribution in [0.3, 0.4) is 0 Å². The Kier molecular flexibility index (Phi) is 2.57. The third kappa shape index (κ3) is 2.01. The number of benzene rings is 1. The van der Waals surface area contributed by atoms with Crippen LogP contribution in [0.15, 0.2) is 24.3 Å². The van der Waals surface area contributed by atoms with Crippen LogP contribution in [-0.2, 0) is 0 Å². The molecule has 0 heterocycles. The fourth-order valence-electron chi connectivity index (χ4n) is 0.673. The van der Waals surface area contributed by atoms with Gasteiger partial charge in [0.2, 0.25) is 0 Å². The summed E-state index contributed by atoms with van der Waals surface area (Å²) in [7, 11) is 0. The van der Waals surface area contributed by atoms with Crippen molar-refractivity contribution in [3.8, 4) is 0 Å². The standard InChI is InChI=1S/C7H7BI/c1-6-3-2-4-7(5-6)9-8/h2-5H,1H3. The fourth-order valence-corrected chi connectivity index (χ4v) is 1.76. The van der Waals surface area contributed by atoms with Gasteiger partial charge in [-0.15, -0.1) is 0 Å². The molecule has 45 valence electrons. The molecule has 0 fully saturated rings. The minimum absolute atomic E-state index is 0.207. The zero-order valence-corrected chi connectivity index (χ0v) is 7.42. The molecule has 0 aliphatic carbocycles. The monoisotopic (exact) mass is 229 g/mol. The predicted octanol–water partition coefficient (Wildman–Crippen LogP) is 2.22. The summed E-state index contributed by atoms with van der Waals surface area (Å²) in [5.41, 5.74) is 1.30. The molecule has 0 aromatic heterocycles. The Morgan fingerprint density at radius 1 is 1.44 bits per heavy atom. The molecule has 0 spiro atoms. The maximum atomic E-state index is 5.53. The summed E-state index contributed by atoms with van der Waals surface area (Å²) < 4.78 is 1.31. The quantitative estimate of drug-likeness (QED) is 0.511. The molecule has 1 aromatic rings. The van der Waals surface area contributed by atoms with E-state index in [9.17, 15) is 0 Å². The molecule has 0 unspecified atom stereocenters.